The molecule has 1 aromatic carbocycles. The standard InChI is InChI=1S/C12H17ClN2OS2/c1-8(18(2)16)5-6-15-9-3-4-10(12(14)17)11(13)7-9/h3-4,7-8,15H,5-6H2,1-2H3,(H2,14,17). The molecule has 0 saturated heterocycles. The van der Waals surface area contributed by atoms with Crippen LogP contribution in [0.1, 0.15) is 18.9 Å². The van der Waals surface area contributed by atoms with Gasteiger partial charge in [-0.3, -0.25) is 4.21 Å². The third-order valence-electron chi connectivity index (χ3n) is 2.68. The molecule has 0 bridgehead atoms. The summed E-state index contributed by atoms with van der Waals surface area (Å²) in [5.74, 6) is 0. The molecule has 1 rings (SSSR count). The summed E-state index contributed by atoms with van der Waals surface area (Å²) in [6.07, 6.45) is 2.57. The summed E-state index contributed by atoms with van der Waals surface area (Å²) in [6, 6.07) is 5.48. The molecule has 0 aliphatic heterocycles. The van der Waals surface area contributed by atoms with E-state index < -0.39 is 10.8 Å². The van der Waals surface area contributed by atoms with Crippen LogP contribution in [0.5, 0.6) is 0 Å². The van der Waals surface area contributed by atoms with Crippen LogP contribution in [0, 0.1) is 0 Å². The molecular formula is C12H17ClN2OS2. The first kappa shape index (κ1) is 15.4. The quantitative estimate of drug-likeness (QED) is 0.793. The Kier molecular flexibility index (Phi) is 6.05. The van der Waals surface area contributed by atoms with Crippen molar-refractivity contribution >= 4 is 45.3 Å². The van der Waals surface area contributed by atoms with Crippen LogP contribution in [0.25, 0.3) is 0 Å². The zero-order valence-electron chi connectivity index (χ0n) is 10.4. The number of thiocarbonyl (C=S) groups is 1. The Morgan fingerprint density at radius 3 is 2.78 bits per heavy atom. The van der Waals surface area contributed by atoms with Gasteiger partial charge in [-0.15, -0.1) is 0 Å². The van der Waals surface area contributed by atoms with E-state index in [1.54, 1.807) is 18.4 Å². The summed E-state index contributed by atoms with van der Waals surface area (Å²) >= 11 is 10.9. The monoisotopic (exact) mass is 304 g/mol. The van der Waals surface area contributed by atoms with Crippen molar-refractivity contribution in [1.29, 1.82) is 0 Å². The second kappa shape index (κ2) is 7.07. The minimum Gasteiger partial charge on any atom is -0.389 e. The molecular weight excluding hydrogens is 288 g/mol. The fourth-order valence-corrected chi connectivity index (χ4v) is 2.38. The molecule has 100 valence electrons. The van der Waals surface area contributed by atoms with Gasteiger partial charge in [0, 0.05) is 40.1 Å². The molecule has 0 aromatic heterocycles. The molecule has 3 nitrogen and oxygen atoms in total. The highest BCUT2D eigenvalue weighted by atomic mass is 35.5. The summed E-state index contributed by atoms with van der Waals surface area (Å²) in [5.41, 5.74) is 7.12. The maximum Gasteiger partial charge on any atom is 0.105 e. The molecule has 0 aliphatic rings. The number of benzene rings is 1. The predicted octanol–water partition coefficient (Wildman–Crippen LogP) is 2.54. The first-order valence-corrected chi connectivity index (χ1v) is 7.98. The van der Waals surface area contributed by atoms with Gasteiger partial charge in [0.15, 0.2) is 0 Å². The van der Waals surface area contributed by atoms with Crippen LogP contribution in [0.2, 0.25) is 5.02 Å². The average Bonchev–Trinajstić information content (AvgIpc) is 2.28. The van der Waals surface area contributed by atoms with Crippen molar-refractivity contribution in [3.05, 3.63) is 28.8 Å². The smallest absolute Gasteiger partial charge is 0.105 e. The highest BCUT2D eigenvalue weighted by molar-refractivity contribution is 7.84. The van der Waals surface area contributed by atoms with E-state index in [1.807, 2.05) is 13.0 Å². The number of hydrogen-bond donors (Lipinski definition) is 2. The molecule has 0 saturated carbocycles. The predicted molar refractivity (Wildman–Crippen MR) is 84.0 cm³/mol. The average molecular weight is 305 g/mol. The van der Waals surface area contributed by atoms with Crippen molar-refractivity contribution in [2.45, 2.75) is 18.6 Å². The summed E-state index contributed by atoms with van der Waals surface area (Å²) in [6.45, 7) is 2.73. The largest absolute Gasteiger partial charge is 0.389 e. The molecule has 0 spiro atoms. The van der Waals surface area contributed by atoms with E-state index in [1.165, 1.54) is 0 Å². The summed E-state index contributed by atoms with van der Waals surface area (Å²) in [5, 5.41) is 3.96. The summed E-state index contributed by atoms with van der Waals surface area (Å²) in [4.78, 5) is 0.293. The van der Waals surface area contributed by atoms with E-state index in [-0.39, 0.29) is 5.25 Å². The number of hydrogen-bond acceptors (Lipinski definition) is 3. The molecule has 18 heavy (non-hydrogen) atoms. The van der Waals surface area contributed by atoms with E-state index in [0.29, 0.717) is 15.6 Å². The van der Waals surface area contributed by atoms with Crippen molar-refractivity contribution < 1.29 is 4.21 Å². The van der Waals surface area contributed by atoms with Gasteiger partial charge in [-0.2, -0.15) is 0 Å². The summed E-state index contributed by atoms with van der Waals surface area (Å²) in [7, 11) is -0.782. The SMILES string of the molecule is CC(CCNc1ccc(C(N)=S)c(Cl)c1)S(C)=O. The van der Waals surface area contributed by atoms with Crippen molar-refractivity contribution in [2.75, 3.05) is 18.1 Å². The third kappa shape index (κ3) is 4.55. The number of nitrogens with one attached hydrogen (secondary N) is 1. The minimum absolute atomic E-state index is 0.184. The zero-order chi connectivity index (χ0) is 13.7. The molecule has 2 unspecified atom stereocenters. The van der Waals surface area contributed by atoms with Gasteiger partial charge in [0.25, 0.3) is 0 Å². The van der Waals surface area contributed by atoms with Gasteiger partial charge in [0.05, 0.1) is 5.02 Å². The van der Waals surface area contributed by atoms with Crippen LogP contribution in [0.15, 0.2) is 18.2 Å². The van der Waals surface area contributed by atoms with Gasteiger partial charge in [-0.05, 0) is 24.6 Å². The van der Waals surface area contributed by atoms with Gasteiger partial charge in [-0.1, -0.05) is 30.7 Å². The minimum atomic E-state index is -0.782. The van der Waals surface area contributed by atoms with E-state index in [2.05, 4.69) is 5.32 Å². The molecule has 0 radical (unpaired) electrons. The van der Waals surface area contributed by atoms with Crippen LogP contribution < -0.4 is 11.1 Å². The second-order valence-electron chi connectivity index (χ2n) is 4.08. The maximum atomic E-state index is 11.2. The van der Waals surface area contributed by atoms with Crippen LogP contribution in [0.3, 0.4) is 0 Å². The maximum absolute atomic E-state index is 11.2. The zero-order valence-corrected chi connectivity index (χ0v) is 12.8. The van der Waals surface area contributed by atoms with Crippen LogP contribution >= 0.6 is 23.8 Å². The lowest BCUT2D eigenvalue weighted by Crippen LogP contribution is -2.15. The molecule has 2 atom stereocenters. The van der Waals surface area contributed by atoms with Crippen molar-refractivity contribution in [3.63, 3.8) is 0 Å². The molecule has 0 heterocycles. The van der Waals surface area contributed by atoms with Crippen molar-refractivity contribution in [1.82, 2.24) is 0 Å². The highest BCUT2D eigenvalue weighted by Crippen LogP contribution is 2.21. The Balaban J connectivity index is 2.56. The Bertz CT molecular complexity index is 465. The topological polar surface area (TPSA) is 55.1 Å². The lowest BCUT2D eigenvalue weighted by molar-refractivity contribution is 0.672. The van der Waals surface area contributed by atoms with Crippen molar-refractivity contribution in [2.24, 2.45) is 5.73 Å². The Morgan fingerprint density at radius 2 is 2.28 bits per heavy atom. The van der Waals surface area contributed by atoms with E-state index in [0.717, 1.165) is 18.7 Å². The number of nitrogens with two attached hydrogens (primary N) is 1. The Morgan fingerprint density at radius 1 is 1.61 bits per heavy atom. The van der Waals surface area contributed by atoms with E-state index in [4.69, 9.17) is 29.6 Å². The van der Waals surface area contributed by atoms with E-state index >= 15 is 0 Å². The number of rotatable bonds is 6. The lowest BCUT2D eigenvalue weighted by atomic mass is 10.2. The molecule has 3 N–H and O–H groups in total. The third-order valence-corrected chi connectivity index (χ3v) is 4.58. The Labute approximate surface area is 121 Å². The summed E-state index contributed by atoms with van der Waals surface area (Å²) < 4.78 is 11.2. The molecule has 6 heteroatoms. The van der Waals surface area contributed by atoms with Crippen LogP contribution in [-0.4, -0.2) is 27.2 Å². The van der Waals surface area contributed by atoms with Gasteiger partial charge in [0.2, 0.25) is 0 Å². The van der Waals surface area contributed by atoms with E-state index in [9.17, 15) is 4.21 Å². The van der Waals surface area contributed by atoms with Crippen LogP contribution in [0.4, 0.5) is 5.69 Å². The van der Waals surface area contributed by atoms with Crippen molar-refractivity contribution in [3.8, 4) is 0 Å². The molecule has 0 amide bonds. The highest BCUT2D eigenvalue weighted by Gasteiger charge is 2.07. The first-order valence-electron chi connectivity index (χ1n) is 5.57. The second-order valence-corrected chi connectivity index (χ2v) is 6.73. The fraction of sp³-hybridized carbons (Fsp3) is 0.417. The lowest BCUT2D eigenvalue weighted by Gasteiger charge is -2.11. The molecule has 1 aromatic rings. The molecule has 0 aliphatic carbocycles. The van der Waals surface area contributed by atoms with Gasteiger partial charge in [-0.25, -0.2) is 0 Å². The fourth-order valence-electron chi connectivity index (χ4n) is 1.41. The normalized spacial score (nSPS) is 13.9. The van der Waals surface area contributed by atoms with Gasteiger partial charge < -0.3 is 11.1 Å². The molecule has 0 fully saturated rings. The van der Waals surface area contributed by atoms with Crippen LogP contribution in [-0.2, 0) is 10.8 Å². The van der Waals surface area contributed by atoms with Gasteiger partial charge >= 0.3 is 0 Å². The van der Waals surface area contributed by atoms with Gasteiger partial charge in [0.1, 0.15) is 4.99 Å². The number of halogens is 1. The Hall–Kier alpha value is -0.650. The number of anilines is 1. The first-order chi connectivity index (χ1) is 8.41.